The summed E-state index contributed by atoms with van der Waals surface area (Å²) in [4.78, 5) is 26.8. The van der Waals surface area contributed by atoms with Gasteiger partial charge in [0.2, 0.25) is 5.91 Å². The summed E-state index contributed by atoms with van der Waals surface area (Å²) < 4.78 is 11.3. The van der Waals surface area contributed by atoms with Gasteiger partial charge in [0.25, 0.3) is 0 Å². The first-order chi connectivity index (χ1) is 13.6. The second-order valence-electron chi connectivity index (χ2n) is 6.52. The highest BCUT2D eigenvalue weighted by molar-refractivity contribution is 8.00. The fourth-order valence-corrected chi connectivity index (χ4v) is 4.64. The molecule has 1 amide bonds. The maximum absolute atomic E-state index is 13.2. The molecule has 0 aliphatic carbocycles. The number of rotatable bonds is 5. The van der Waals surface area contributed by atoms with E-state index in [-0.39, 0.29) is 17.0 Å². The molecule has 2 N–H and O–H groups in total. The van der Waals surface area contributed by atoms with E-state index in [2.05, 4.69) is 0 Å². The maximum atomic E-state index is 13.2. The van der Waals surface area contributed by atoms with E-state index in [4.69, 9.17) is 15.2 Å². The zero-order chi connectivity index (χ0) is 19.7. The number of amides is 1. The fraction of sp³-hybridized carbons (Fsp3) is 0.238. The van der Waals surface area contributed by atoms with Crippen LogP contribution in [0.4, 0.5) is 0 Å². The van der Waals surface area contributed by atoms with Gasteiger partial charge in [0.1, 0.15) is 17.2 Å². The SMILES string of the molecule is COC1=C(C(=O)OC(c2ccccc2)c2ccccc2)N2C(=O)C(N)[C@H]2SC1. The van der Waals surface area contributed by atoms with Crippen LogP contribution >= 0.6 is 11.8 Å². The van der Waals surface area contributed by atoms with Crippen LogP contribution in [0, 0.1) is 0 Å². The topological polar surface area (TPSA) is 81.9 Å². The molecule has 0 aromatic heterocycles. The van der Waals surface area contributed by atoms with E-state index in [1.165, 1.54) is 23.8 Å². The number of benzene rings is 2. The van der Waals surface area contributed by atoms with Crippen LogP contribution in [0.3, 0.4) is 0 Å². The van der Waals surface area contributed by atoms with Gasteiger partial charge in [-0.3, -0.25) is 9.69 Å². The number of ether oxygens (including phenoxy) is 2. The van der Waals surface area contributed by atoms with Crippen molar-refractivity contribution in [2.75, 3.05) is 12.9 Å². The average molecular weight is 396 g/mol. The largest absolute Gasteiger partial charge is 0.498 e. The molecule has 0 bridgehead atoms. The molecule has 2 aliphatic heterocycles. The van der Waals surface area contributed by atoms with Crippen LogP contribution in [0.1, 0.15) is 17.2 Å². The van der Waals surface area contributed by atoms with E-state index < -0.39 is 18.1 Å². The van der Waals surface area contributed by atoms with Crippen molar-refractivity contribution in [2.45, 2.75) is 17.5 Å². The van der Waals surface area contributed by atoms with E-state index in [0.717, 1.165) is 11.1 Å². The predicted molar refractivity (Wildman–Crippen MR) is 106 cm³/mol. The molecule has 1 saturated heterocycles. The number of thioether (sulfide) groups is 1. The molecule has 7 heteroatoms. The van der Waals surface area contributed by atoms with Crippen molar-refractivity contribution >= 4 is 23.6 Å². The van der Waals surface area contributed by atoms with Crippen molar-refractivity contribution in [1.82, 2.24) is 4.90 Å². The smallest absolute Gasteiger partial charge is 0.359 e. The monoisotopic (exact) mass is 396 g/mol. The van der Waals surface area contributed by atoms with E-state index in [9.17, 15) is 9.59 Å². The molecule has 2 atom stereocenters. The highest BCUT2D eigenvalue weighted by Gasteiger charge is 2.53. The minimum absolute atomic E-state index is 0.148. The molecule has 1 unspecified atom stereocenters. The van der Waals surface area contributed by atoms with Crippen LogP contribution in [-0.4, -0.2) is 41.1 Å². The molecule has 0 saturated carbocycles. The predicted octanol–water partition coefficient (Wildman–Crippen LogP) is 2.42. The van der Waals surface area contributed by atoms with Gasteiger partial charge in [-0.1, -0.05) is 60.7 Å². The van der Waals surface area contributed by atoms with Gasteiger partial charge in [0, 0.05) is 0 Å². The number of β-lactam (4-membered cyclic amide) rings is 1. The summed E-state index contributed by atoms with van der Waals surface area (Å²) in [7, 11) is 1.49. The lowest BCUT2D eigenvalue weighted by atomic mass is 10.0. The summed E-state index contributed by atoms with van der Waals surface area (Å²) in [6, 6.07) is 18.4. The third-order valence-corrected chi connectivity index (χ3v) is 6.12. The van der Waals surface area contributed by atoms with Gasteiger partial charge >= 0.3 is 5.97 Å². The minimum atomic E-state index is -0.606. The maximum Gasteiger partial charge on any atom is 0.359 e. The number of carbonyl (C=O) groups excluding carboxylic acids is 2. The highest BCUT2D eigenvalue weighted by Crippen LogP contribution is 2.40. The third kappa shape index (κ3) is 3.16. The molecular weight excluding hydrogens is 376 g/mol. The van der Waals surface area contributed by atoms with Gasteiger partial charge in [-0.25, -0.2) is 4.79 Å². The average Bonchev–Trinajstić information content (AvgIpc) is 2.76. The van der Waals surface area contributed by atoms with Crippen LogP contribution in [0.15, 0.2) is 72.1 Å². The van der Waals surface area contributed by atoms with Gasteiger partial charge in [0.15, 0.2) is 11.8 Å². The Kier molecular flexibility index (Phi) is 5.11. The van der Waals surface area contributed by atoms with Crippen LogP contribution in [0.2, 0.25) is 0 Å². The minimum Gasteiger partial charge on any atom is -0.498 e. The van der Waals surface area contributed by atoms with E-state index >= 15 is 0 Å². The van der Waals surface area contributed by atoms with Gasteiger partial charge in [-0.2, -0.15) is 0 Å². The lowest BCUT2D eigenvalue weighted by Crippen LogP contribution is -2.68. The van der Waals surface area contributed by atoms with E-state index in [1.807, 2.05) is 60.7 Å². The Morgan fingerprint density at radius 1 is 1.11 bits per heavy atom. The standard InChI is InChI=1S/C21H20N2O4S/c1-26-15-12-28-20-16(22)19(24)23(20)17(15)21(25)27-18(13-8-4-2-5-9-13)14-10-6-3-7-11-14/h2-11,16,18,20H,12,22H2,1H3/t16?,20-/m1/s1. The number of fused-ring (bicyclic) bond motifs is 1. The zero-order valence-electron chi connectivity index (χ0n) is 15.3. The normalized spacial score (nSPS) is 21.2. The summed E-state index contributed by atoms with van der Waals surface area (Å²) >= 11 is 1.48. The van der Waals surface area contributed by atoms with Crippen LogP contribution in [-0.2, 0) is 19.1 Å². The summed E-state index contributed by atoms with van der Waals surface area (Å²) in [5.41, 5.74) is 7.71. The quantitative estimate of drug-likeness (QED) is 0.617. The number of carbonyl (C=O) groups is 2. The molecule has 0 radical (unpaired) electrons. The zero-order valence-corrected chi connectivity index (χ0v) is 16.1. The van der Waals surface area contributed by atoms with Crippen molar-refractivity contribution in [3.8, 4) is 0 Å². The first-order valence-electron chi connectivity index (χ1n) is 8.90. The Bertz CT molecular complexity index is 877. The summed E-state index contributed by atoms with van der Waals surface area (Å²) in [5.74, 6) is -0.00844. The van der Waals surface area contributed by atoms with Crippen molar-refractivity contribution in [3.63, 3.8) is 0 Å². The molecule has 2 aliphatic rings. The first kappa shape index (κ1) is 18.6. The number of nitrogens with zero attached hydrogens (tertiary/aromatic N) is 1. The summed E-state index contributed by atoms with van der Waals surface area (Å²) in [5, 5.41) is -0.263. The highest BCUT2D eigenvalue weighted by atomic mass is 32.2. The molecule has 2 heterocycles. The lowest BCUT2D eigenvalue weighted by Gasteiger charge is -2.47. The number of hydrogen-bond donors (Lipinski definition) is 1. The second-order valence-corrected chi connectivity index (χ2v) is 7.62. The molecule has 1 fully saturated rings. The van der Waals surface area contributed by atoms with Crippen molar-refractivity contribution < 1.29 is 19.1 Å². The molecule has 2 aromatic rings. The van der Waals surface area contributed by atoms with Crippen LogP contribution in [0.5, 0.6) is 0 Å². The molecule has 4 rings (SSSR count). The molecule has 28 heavy (non-hydrogen) atoms. The van der Waals surface area contributed by atoms with Crippen molar-refractivity contribution in [1.29, 1.82) is 0 Å². The van der Waals surface area contributed by atoms with E-state index in [1.54, 1.807) is 0 Å². The van der Waals surface area contributed by atoms with Crippen molar-refractivity contribution in [3.05, 3.63) is 83.2 Å². The molecule has 6 nitrogen and oxygen atoms in total. The Morgan fingerprint density at radius 2 is 1.68 bits per heavy atom. The first-order valence-corrected chi connectivity index (χ1v) is 9.95. The van der Waals surface area contributed by atoms with Crippen molar-refractivity contribution in [2.24, 2.45) is 5.73 Å². The Labute approximate surface area is 167 Å². The molecule has 144 valence electrons. The van der Waals surface area contributed by atoms with Gasteiger partial charge in [0.05, 0.1) is 12.9 Å². The van der Waals surface area contributed by atoms with E-state index in [0.29, 0.717) is 11.5 Å². The van der Waals surface area contributed by atoms with Gasteiger partial charge < -0.3 is 15.2 Å². The molecular formula is C21H20N2O4S. The van der Waals surface area contributed by atoms with Gasteiger partial charge in [-0.05, 0) is 11.1 Å². The molecule has 2 aromatic carbocycles. The lowest BCUT2D eigenvalue weighted by molar-refractivity contribution is -0.153. The second kappa shape index (κ2) is 7.69. The number of methoxy groups -OCH3 is 1. The summed E-state index contributed by atoms with van der Waals surface area (Å²) in [6.07, 6.45) is -0.599. The van der Waals surface area contributed by atoms with Gasteiger partial charge in [-0.15, -0.1) is 11.8 Å². The number of hydrogen-bond acceptors (Lipinski definition) is 6. The Morgan fingerprint density at radius 3 is 2.21 bits per heavy atom. The fourth-order valence-electron chi connectivity index (χ4n) is 3.38. The van der Waals surface area contributed by atoms with Crippen LogP contribution < -0.4 is 5.73 Å². The van der Waals surface area contributed by atoms with Crippen LogP contribution in [0.25, 0.3) is 0 Å². The third-order valence-electron chi connectivity index (χ3n) is 4.84. The number of nitrogens with two attached hydrogens (primary N) is 1. The molecule has 0 spiro atoms. The number of esters is 1. The Hall–Kier alpha value is -2.77. The summed E-state index contributed by atoms with van der Waals surface area (Å²) in [6.45, 7) is 0. The Balaban J connectivity index is 1.68.